The number of aromatic carboxylic acids is 1. The molecule has 1 heterocycles. The minimum atomic E-state index is -1.04. The first-order valence-corrected chi connectivity index (χ1v) is 6.55. The zero-order valence-electron chi connectivity index (χ0n) is 9.81. The summed E-state index contributed by atoms with van der Waals surface area (Å²) in [7, 11) is 0. The van der Waals surface area contributed by atoms with Gasteiger partial charge in [-0.05, 0) is 19.1 Å². The largest absolute Gasteiger partial charge is 0.475 e. The minimum Gasteiger partial charge on any atom is -0.475 e. The molecule has 0 radical (unpaired) electrons. The van der Waals surface area contributed by atoms with Gasteiger partial charge >= 0.3 is 5.97 Å². The summed E-state index contributed by atoms with van der Waals surface area (Å²) >= 11 is 1.80. The first-order chi connectivity index (χ1) is 8.15. The predicted octanol–water partition coefficient (Wildman–Crippen LogP) is 2.55. The topological polar surface area (TPSA) is 62.5 Å². The summed E-state index contributed by atoms with van der Waals surface area (Å²) in [5, 5.41) is 12.0. The van der Waals surface area contributed by atoms with Crippen LogP contribution in [0.5, 0.6) is 0 Å². The van der Waals surface area contributed by atoms with E-state index in [9.17, 15) is 4.79 Å². The highest BCUT2D eigenvalue weighted by molar-refractivity contribution is 7.99. The van der Waals surface area contributed by atoms with Crippen molar-refractivity contribution in [1.82, 2.24) is 5.32 Å². The van der Waals surface area contributed by atoms with Crippen molar-refractivity contribution in [2.75, 3.05) is 18.1 Å². The van der Waals surface area contributed by atoms with Crippen molar-refractivity contribution in [3.8, 4) is 0 Å². The first-order valence-electron chi connectivity index (χ1n) is 5.40. The highest BCUT2D eigenvalue weighted by Gasteiger charge is 2.13. The van der Waals surface area contributed by atoms with Crippen LogP contribution in [0.4, 0.5) is 0 Å². The zero-order chi connectivity index (χ0) is 12.7. The van der Waals surface area contributed by atoms with Crippen molar-refractivity contribution in [1.29, 1.82) is 0 Å². The fourth-order valence-electron chi connectivity index (χ4n) is 1.32. The van der Waals surface area contributed by atoms with Crippen molar-refractivity contribution in [2.45, 2.75) is 13.0 Å². The molecule has 17 heavy (non-hydrogen) atoms. The molecule has 0 bridgehead atoms. The van der Waals surface area contributed by atoms with Gasteiger partial charge in [0.15, 0.2) is 0 Å². The van der Waals surface area contributed by atoms with E-state index in [2.05, 4.69) is 11.9 Å². The van der Waals surface area contributed by atoms with E-state index in [1.54, 1.807) is 17.8 Å². The number of carboxylic acids is 1. The average Bonchev–Trinajstić information content (AvgIpc) is 2.78. The number of hydrogen-bond donors (Lipinski definition) is 2. The van der Waals surface area contributed by atoms with Gasteiger partial charge in [0.2, 0.25) is 5.76 Å². The van der Waals surface area contributed by atoms with Gasteiger partial charge in [-0.1, -0.05) is 6.08 Å². The summed E-state index contributed by atoms with van der Waals surface area (Å²) in [4.78, 5) is 10.6. The van der Waals surface area contributed by atoms with E-state index in [0.717, 1.165) is 18.1 Å². The Bertz CT molecular complexity index is 376. The third kappa shape index (κ3) is 4.66. The molecule has 0 aromatic carbocycles. The summed E-state index contributed by atoms with van der Waals surface area (Å²) in [5.41, 5.74) is 0. The van der Waals surface area contributed by atoms with E-state index < -0.39 is 5.97 Å². The molecule has 0 amide bonds. The van der Waals surface area contributed by atoms with Crippen LogP contribution in [0.15, 0.2) is 29.2 Å². The molecule has 1 unspecified atom stereocenters. The highest BCUT2D eigenvalue weighted by atomic mass is 32.2. The van der Waals surface area contributed by atoms with E-state index in [4.69, 9.17) is 9.52 Å². The number of carbonyl (C=O) groups is 1. The van der Waals surface area contributed by atoms with Crippen LogP contribution in [0.25, 0.3) is 0 Å². The zero-order valence-corrected chi connectivity index (χ0v) is 10.6. The number of nitrogens with one attached hydrogen (secondary N) is 1. The van der Waals surface area contributed by atoms with Crippen molar-refractivity contribution in [2.24, 2.45) is 0 Å². The van der Waals surface area contributed by atoms with Gasteiger partial charge in [0.05, 0.1) is 6.04 Å². The summed E-state index contributed by atoms with van der Waals surface area (Å²) in [5.74, 6) is 1.53. The second kappa shape index (κ2) is 7.19. The maximum Gasteiger partial charge on any atom is 0.371 e. The van der Waals surface area contributed by atoms with Gasteiger partial charge in [0, 0.05) is 18.1 Å². The SMILES string of the molecule is C=CCSCCNC(C)c1ccc(C(=O)O)o1. The normalized spacial score (nSPS) is 12.3. The monoisotopic (exact) mass is 255 g/mol. The van der Waals surface area contributed by atoms with Crippen LogP contribution in [-0.4, -0.2) is 29.1 Å². The van der Waals surface area contributed by atoms with Gasteiger partial charge < -0.3 is 14.8 Å². The van der Waals surface area contributed by atoms with E-state index in [0.29, 0.717) is 5.76 Å². The van der Waals surface area contributed by atoms with E-state index in [-0.39, 0.29) is 11.8 Å². The van der Waals surface area contributed by atoms with Crippen LogP contribution in [0, 0.1) is 0 Å². The molecule has 0 aliphatic carbocycles. The van der Waals surface area contributed by atoms with Crippen LogP contribution in [0.2, 0.25) is 0 Å². The lowest BCUT2D eigenvalue weighted by atomic mass is 10.2. The molecule has 0 aliphatic heterocycles. The molecule has 1 atom stereocenters. The van der Waals surface area contributed by atoms with Crippen LogP contribution >= 0.6 is 11.8 Å². The Hall–Kier alpha value is -1.20. The first kappa shape index (κ1) is 13.9. The Morgan fingerprint density at radius 2 is 2.47 bits per heavy atom. The van der Waals surface area contributed by atoms with Crippen LogP contribution < -0.4 is 5.32 Å². The predicted molar refractivity (Wildman–Crippen MR) is 69.6 cm³/mol. The van der Waals surface area contributed by atoms with Gasteiger partial charge in [-0.25, -0.2) is 4.79 Å². The molecule has 94 valence electrons. The van der Waals surface area contributed by atoms with Crippen LogP contribution in [-0.2, 0) is 0 Å². The maximum absolute atomic E-state index is 10.6. The second-order valence-electron chi connectivity index (χ2n) is 3.55. The summed E-state index contributed by atoms with van der Waals surface area (Å²) < 4.78 is 5.20. The molecule has 1 aromatic heterocycles. The lowest BCUT2D eigenvalue weighted by Gasteiger charge is -2.10. The second-order valence-corrected chi connectivity index (χ2v) is 4.70. The highest BCUT2D eigenvalue weighted by Crippen LogP contribution is 2.16. The quantitative estimate of drug-likeness (QED) is 0.552. The third-order valence-corrected chi connectivity index (χ3v) is 3.16. The third-order valence-electron chi connectivity index (χ3n) is 2.20. The van der Waals surface area contributed by atoms with E-state index in [1.807, 2.05) is 13.0 Å². The van der Waals surface area contributed by atoms with Gasteiger partial charge in [0.25, 0.3) is 0 Å². The molecule has 4 nitrogen and oxygen atoms in total. The molecule has 5 heteroatoms. The molecule has 0 spiro atoms. The van der Waals surface area contributed by atoms with Crippen molar-refractivity contribution in [3.63, 3.8) is 0 Å². The van der Waals surface area contributed by atoms with Gasteiger partial charge in [-0.2, -0.15) is 11.8 Å². The van der Waals surface area contributed by atoms with E-state index >= 15 is 0 Å². The fourth-order valence-corrected chi connectivity index (χ4v) is 1.91. The molecule has 0 saturated heterocycles. The molecule has 2 N–H and O–H groups in total. The van der Waals surface area contributed by atoms with Crippen molar-refractivity contribution >= 4 is 17.7 Å². The number of rotatable bonds is 8. The molecule has 0 fully saturated rings. The van der Waals surface area contributed by atoms with Crippen molar-refractivity contribution in [3.05, 3.63) is 36.3 Å². The smallest absolute Gasteiger partial charge is 0.371 e. The lowest BCUT2D eigenvalue weighted by molar-refractivity contribution is 0.0659. The molecule has 0 aliphatic rings. The Morgan fingerprint density at radius 1 is 1.71 bits per heavy atom. The van der Waals surface area contributed by atoms with Crippen LogP contribution in [0.1, 0.15) is 29.3 Å². The summed E-state index contributed by atoms with van der Waals surface area (Å²) in [6.45, 7) is 6.45. The molecule has 1 rings (SSSR count). The van der Waals surface area contributed by atoms with Crippen molar-refractivity contribution < 1.29 is 14.3 Å². The maximum atomic E-state index is 10.6. The number of thioether (sulfide) groups is 1. The molecular formula is C12H17NO3S. The summed E-state index contributed by atoms with van der Waals surface area (Å²) in [6.07, 6.45) is 1.87. The molecule has 1 aromatic rings. The van der Waals surface area contributed by atoms with E-state index in [1.165, 1.54) is 6.07 Å². The minimum absolute atomic E-state index is 0.0188. The number of furan rings is 1. The van der Waals surface area contributed by atoms with Gasteiger partial charge in [-0.3, -0.25) is 0 Å². The Kier molecular flexibility index (Phi) is 5.86. The lowest BCUT2D eigenvalue weighted by Crippen LogP contribution is -2.21. The Morgan fingerprint density at radius 3 is 3.06 bits per heavy atom. The fraction of sp³-hybridized carbons (Fsp3) is 0.417. The summed E-state index contributed by atoms with van der Waals surface area (Å²) in [6, 6.07) is 3.19. The number of hydrogen-bond acceptors (Lipinski definition) is 4. The molecule has 0 saturated carbocycles. The number of carboxylic acid groups (broad SMARTS) is 1. The van der Waals surface area contributed by atoms with Gasteiger partial charge in [0.1, 0.15) is 5.76 Å². The Labute approximate surface area is 105 Å². The molecular weight excluding hydrogens is 238 g/mol. The average molecular weight is 255 g/mol. The Balaban J connectivity index is 2.33. The van der Waals surface area contributed by atoms with Crippen LogP contribution in [0.3, 0.4) is 0 Å². The van der Waals surface area contributed by atoms with Gasteiger partial charge in [-0.15, -0.1) is 6.58 Å². The standard InChI is InChI=1S/C12H17NO3S/c1-3-7-17-8-6-13-9(2)10-4-5-11(16-10)12(14)15/h3-5,9,13H,1,6-8H2,2H3,(H,14,15).